The summed E-state index contributed by atoms with van der Waals surface area (Å²) < 4.78 is 50.5. The molecule has 0 bridgehead atoms. The fraction of sp³-hybridized carbons (Fsp3) is 0.800. The highest BCUT2D eigenvalue weighted by molar-refractivity contribution is 5.40. The highest BCUT2D eigenvalue weighted by Gasteiger charge is 2.47. The van der Waals surface area contributed by atoms with Gasteiger partial charge in [-0.2, -0.15) is 13.2 Å². The molecule has 0 aromatic carbocycles. The molecule has 7 nitrogen and oxygen atoms in total. The maximum absolute atomic E-state index is 13.1. The van der Waals surface area contributed by atoms with Gasteiger partial charge in [0.2, 0.25) is 0 Å². The highest BCUT2D eigenvalue weighted by atomic mass is 19.4. The number of fused-ring (bicyclic) bond motifs is 1. The molecule has 4 aliphatic rings. The zero-order valence-electron chi connectivity index (χ0n) is 17.0. The SMILES string of the molecule is CC1(OC2CCC3NNC(c4cc(N5CCOC(C(F)(F)F)C5)ncn4)C3C2)CC1. The van der Waals surface area contributed by atoms with Crippen molar-refractivity contribution in [1.29, 1.82) is 0 Å². The topological polar surface area (TPSA) is 71.5 Å². The Balaban J connectivity index is 1.30. The summed E-state index contributed by atoms with van der Waals surface area (Å²) >= 11 is 0. The van der Waals surface area contributed by atoms with E-state index in [2.05, 4.69) is 27.7 Å². The van der Waals surface area contributed by atoms with E-state index in [0.717, 1.165) is 37.8 Å². The molecular weight excluding hydrogens is 399 g/mol. The smallest absolute Gasteiger partial charge is 0.372 e. The fourth-order valence-corrected chi connectivity index (χ4v) is 4.87. The van der Waals surface area contributed by atoms with Crippen LogP contribution in [0, 0.1) is 5.92 Å². The van der Waals surface area contributed by atoms with Gasteiger partial charge >= 0.3 is 6.18 Å². The second-order valence-corrected chi connectivity index (χ2v) is 9.19. The molecule has 3 heterocycles. The van der Waals surface area contributed by atoms with Crippen LogP contribution in [0.25, 0.3) is 0 Å². The number of nitrogens with zero attached hydrogens (tertiary/aromatic N) is 3. The number of halogens is 3. The number of anilines is 1. The largest absolute Gasteiger partial charge is 0.416 e. The Labute approximate surface area is 173 Å². The highest BCUT2D eigenvalue weighted by Crippen LogP contribution is 2.45. The van der Waals surface area contributed by atoms with Crippen LogP contribution in [0.5, 0.6) is 0 Å². The van der Waals surface area contributed by atoms with Gasteiger partial charge in [0, 0.05) is 24.6 Å². The molecule has 2 N–H and O–H groups in total. The molecule has 166 valence electrons. The van der Waals surface area contributed by atoms with Crippen molar-refractivity contribution in [3.05, 3.63) is 18.1 Å². The van der Waals surface area contributed by atoms with Crippen LogP contribution < -0.4 is 15.8 Å². The third kappa shape index (κ3) is 4.15. The number of hydrogen-bond donors (Lipinski definition) is 2. The summed E-state index contributed by atoms with van der Waals surface area (Å²) in [5.41, 5.74) is 7.60. The first-order valence-corrected chi connectivity index (χ1v) is 10.7. The van der Waals surface area contributed by atoms with Crippen molar-refractivity contribution in [1.82, 2.24) is 20.8 Å². The average Bonchev–Trinajstić information content (AvgIpc) is 3.30. The number of nitrogens with one attached hydrogen (secondary N) is 2. The first kappa shape index (κ1) is 20.4. The second kappa shape index (κ2) is 7.58. The van der Waals surface area contributed by atoms with Crippen LogP contribution >= 0.6 is 0 Å². The summed E-state index contributed by atoms with van der Waals surface area (Å²) in [5, 5.41) is 0. The van der Waals surface area contributed by atoms with E-state index in [0.29, 0.717) is 24.3 Å². The summed E-state index contributed by atoms with van der Waals surface area (Å²) in [6, 6.07) is 2.14. The molecule has 2 aliphatic heterocycles. The lowest BCUT2D eigenvalue weighted by molar-refractivity contribution is -0.221. The van der Waals surface area contributed by atoms with E-state index in [1.54, 1.807) is 4.90 Å². The molecule has 2 saturated heterocycles. The normalized spacial score (nSPS) is 35.9. The lowest BCUT2D eigenvalue weighted by atomic mass is 9.79. The van der Waals surface area contributed by atoms with E-state index in [1.807, 2.05) is 6.07 Å². The minimum absolute atomic E-state index is 0.0189. The summed E-state index contributed by atoms with van der Waals surface area (Å²) in [7, 11) is 0. The molecule has 5 atom stereocenters. The Hall–Kier alpha value is -1.49. The molecule has 2 aliphatic carbocycles. The van der Waals surface area contributed by atoms with E-state index in [-0.39, 0.29) is 30.9 Å². The van der Waals surface area contributed by atoms with Gasteiger partial charge < -0.3 is 14.4 Å². The Bertz CT molecular complexity index is 775. The first-order valence-electron chi connectivity index (χ1n) is 10.7. The fourth-order valence-electron chi connectivity index (χ4n) is 4.87. The lowest BCUT2D eigenvalue weighted by Crippen LogP contribution is -2.49. The van der Waals surface area contributed by atoms with Gasteiger partial charge in [-0.05, 0) is 39.0 Å². The molecule has 30 heavy (non-hydrogen) atoms. The number of aromatic nitrogens is 2. The number of rotatable bonds is 4. The van der Waals surface area contributed by atoms with Crippen molar-refractivity contribution in [2.75, 3.05) is 24.6 Å². The quantitative estimate of drug-likeness (QED) is 0.765. The van der Waals surface area contributed by atoms with Gasteiger partial charge in [-0.25, -0.2) is 15.4 Å². The van der Waals surface area contributed by atoms with Crippen molar-refractivity contribution in [2.24, 2.45) is 5.92 Å². The number of hydrogen-bond acceptors (Lipinski definition) is 7. The lowest BCUT2D eigenvalue weighted by Gasteiger charge is -2.35. The van der Waals surface area contributed by atoms with Crippen LogP contribution in [-0.4, -0.2) is 59.7 Å². The molecule has 10 heteroatoms. The predicted octanol–water partition coefficient (Wildman–Crippen LogP) is 2.50. The van der Waals surface area contributed by atoms with Gasteiger partial charge in [-0.3, -0.25) is 5.43 Å². The number of morpholine rings is 1. The van der Waals surface area contributed by atoms with Gasteiger partial charge in [-0.1, -0.05) is 0 Å². The number of alkyl halides is 3. The Morgan fingerprint density at radius 1 is 1.23 bits per heavy atom. The van der Waals surface area contributed by atoms with Gasteiger partial charge in [-0.15, -0.1) is 0 Å². The Kier molecular flexibility index (Phi) is 5.16. The maximum Gasteiger partial charge on any atom is 0.416 e. The zero-order chi connectivity index (χ0) is 20.9. The molecule has 1 aromatic heterocycles. The van der Waals surface area contributed by atoms with E-state index in [4.69, 9.17) is 9.47 Å². The number of hydrazine groups is 1. The van der Waals surface area contributed by atoms with Crippen molar-refractivity contribution in [3.8, 4) is 0 Å². The zero-order valence-corrected chi connectivity index (χ0v) is 17.0. The molecule has 4 fully saturated rings. The minimum Gasteiger partial charge on any atom is -0.372 e. The summed E-state index contributed by atoms with van der Waals surface area (Å²) in [4.78, 5) is 10.3. The van der Waals surface area contributed by atoms with Gasteiger partial charge in [0.15, 0.2) is 6.10 Å². The van der Waals surface area contributed by atoms with Crippen molar-refractivity contribution in [3.63, 3.8) is 0 Å². The Morgan fingerprint density at radius 2 is 2.07 bits per heavy atom. The van der Waals surface area contributed by atoms with Crippen LogP contribution in [0.15, 0.2) is 12.4 Å². The number of ether oxygens (including phenoxy) is 2. The van der Waals surface area contributed by atoms with E-state index >= 15 is 0 Å². The minimum atomic E-state index is -4.38. The monoisotopic (exact) mass is 427 g/mol. The van der Waals surface area contributed by atoms with Crippen LogP contribution in [0.2, 0.25) is 0 Å². The molecule has 2 saturated carbocycles. The third-order valence-corrected chi connectivity index (χ3v) is 6.86. The Morgan fingerprint density at radius 3 is 2.83 bits per heavy atom. The molecule has 5 rings (SSSR count). The first-order chi connectivity index (χ1) is 14.3. The molecule has 5 unspecified atom stereocenters. The predicted molar refractivity (Wildman–Crippen MR) is 103 cm³/mol. The summed E-state index contributed by atoms with van der Waals surface area (Å²) in [6.07, 6.45) is 0.794. The van der Waals surface area contributed by atoms with Crippen LogP contribution in [0.1, 0.15) is 50.8 Å². The van der Waals surface area contributed by atoms with Gasteiger partial charge in [0.25, 0.3) is 0 Å². The van der Waals surface area contributed by atoms with Crippen molar-refractivity contribution >= 4 is 5.82 Å². The molecule has 0 spiro atoms. The van der Waals surface area contributed by atoms with E-state index in [1.165, 1.54) is 6.33 Å². The second-order valence-electron chi connectivity index (χ2n) is 9.19. The standard InChI is InChI=1S/C20H28F3N5O2/c1-19(4-5-19)30-12-2-3-14-13(8-12)18(27-26-14)15-9-17(25-11-24-15)28-6-7-29-16(10-28)20(21,22)23/h9,11-14,16,18,26-27H,2-8,10H2,1H3. The van der Waals surface area contributed by atoms with E-state index in [9.17, 15) is 13.2 Å². The van der Waals surface area contributed by atoms with Crippen LogP contribution in [-0.2, 0) is 9.47 Å². The van der Waals surface area contributed by atoms with Gasteiger partial charge in [0.05, 0.1) is 36.6 Å². The summed E-state index contributed by atoms with van der Waals surface area (Å²) in [6.45, 7) is 2.32. The maximum atomic E-state index is 13.1. The third-order valence-electron chi connectivity index (χ3n) is 6.86. The van der Waals surface area contributed by atoms with Crippen molar-refractivity contribution in [2.45, 2.75) is 75.1 Å². The van der Waals surface area contributed by atoms with Crippen molar-refractivity contribution < 1.29 is 22.6 Å². The van der Waals surface area contributed by atoms with Gasteiger partial charge in [0.1, 0.15) is 12.1 Å². The average molecular weight is 427 g/mol. The molecular formula is C20H28F3N5O2. The van der Waals surface area contributed by atoms with E-state index < -0.39 is 12.3 Å². The summed E-state index contributed by atoms with van der Waals surface area (Å²) in [5.74, 6) is 0.832. The molecule has 1 aromatic rings. The molecule has 0 radical (unpaired) electrons. The van der Waals surface area contributed by atoms with Crippen LogP contribution in [0.3, 0.4) is 0 Å². The van der Waals surface area contributed by atoms with Crippen LogP contribution in [0.4, 0.5) is 19.0 Å². The molecule has 0 amide bonds.